The molecule has 0 radical (unpaired) electrons. The van der Waals surface area contributed by atoms with E-state index in [4.69, 9.17) is 0 Å². The summed E-state index contributed by atoms with van der Waals surface area (Å²) in [5.74, 6) is -0.702. The number of ether oxygens (including phenoxy) is 2. The molecule has 0 N–H and O–H groups in total. The maximum Gasteiger partial charge on any atom is 0.573 e. The summed E-state index contributed by atoms with van der Waals surface area (Å²) in [4.78, 5) is 13.2. The van der Waals surface area contributed by atoms with Gasteiger partial charge in [0.25, 0.3) is 0 Å². The Morgan fingerprint density at radius 3 is 2.25 bits per heavy atom. The van der Waals surface area contributed by atoms with Crippen molar-refractivity contribution in [2.45, 2.75) is 25.7 Å². The van der Waals surface area contributed by atoms with Crippen LogP contribution in [0.15, 0.2) is 24.3 Å². The van der Waals surface area contributed by atoms with Gasteiger partial charge in [-0.3, -0.25) is 0 Å². The molecule has 0 heterocycles. The van der Waals surface area contributed by atoms with Crippen molar-refractivity contribution in [2.75, 3.05) is 19.1 Å². The van der Waals surface area contributed by atoms with Gasteiger partial charge in [0.15, 0.2) is 0 Å². The maximum absolute atomic E-state index is 12.0. The standard InChI is InChI=1S/C13H16F3NO3/c1-4-11(12(18)19-3)17(2)9-5-7-10(8-6-9)20-13(14,15)16/h5-8,11H,4H2,1-3H3. The lowest BCUT2D eigenvalue weighted by Crippen LogP contribution is -2.38. The Kier molecular flexibility index (Phi) is 5.24. The Labute approximate surface area is 115 Å². The van der Waals surface area contributed by atoms with Gasteiger partial charge in [-0.15, -0.1) is 13.2 Å². The van der Waals surface area contributed by atoms with E-state index >= 15 is 0 Å². The molecule has 0 aliphatic carbocycles. The first-order valence-corrected chi connectivity index (χ1v) is 5.95. The van der Waals surface area contributed by atoms with Crippen LogP contribution in [-0.2, 0) is 9.53 Å². The number of hydrogen-bond acceptors (Lipinski definition) is 4. The molecule has 0 aliphatic rings. The van der Waals surface area contributed by atoms with E-state index in [0.717, 1.165) is 0 Å². The third-order valence-electron chi connectivity index (χ3n) is 2.81. The SMILES string of the molecule is CCC(C(=O)OC)N(C)c1ccc(OC(F)(F)F)cc1. The average molecular weight is 291 g/mol. The van der Waals surface area contributed by atoms with Gasteiger partial charge in [0.1, 0.15) is 11.8 Å². The van der Waals surface area contributed by atoms with Gasteiger partial charge in [0.05, 0.1) is 7.11 Å². The highest BCUT2D eigenvalue weighted by atomic mass is 19.4. The summed E-state index contributed by atoms with van der Waals surface area (Å²) < 4.78 is 44.6. The average Bonchev–Trinajstić information content (AvgIpc) is 2.38. The van der Waals surface area contributed by atoms with Crippen LogP contribution in [0.3, 0.4) is 0 Å². The Morgan fingerprint density at radius 2 is 1.85 bits per heavy atom. The first-order chi connectivity index (χ1) is 9.28. The molecular weight excluding hydrogens is 275 g/mol. The predicted molar refractivity (Wildman–Crippen MR) is 67.6 cm³/mol. The van der Waals surface area contributed by atoms with Gasteiger partial charge in [-0.2, -0.15) is 0 Å². The molecule has 1 rings (SSSR count). The molecule has 0 aromatic heterocycles. The van der Waals surface area contributed by atoms with Gasteiger partial charge in [-0.1, -0.05) is 6.92 Å². The molecule has 0 spiro atoms. The number of halogens is 3. The smallest absolute Gasteiger partial charge is 0.467 e. The molecule has 0 saturated heterocycles. The minimum Gasteiger partial charge on any atom is -0.467 e. The lowest BCUT2D eigenvalue weighted by atomic mass is 10.1. The zero-order valence-corrected chi connectivity index (χ0v) is 11.4. The van der Waals surface area contributed by atoms with Crippen LogP contribution in [0, 0.1) is 0 Å². The fourth-order valence-corrected chi connectivity index (χ4v) is 1.80. The first kappa shape index (κ1) is 16.1. The molecule has 4 nitrogen and oxygen atoms in total. The monoisotopic (exact) mass is 291 g/mol. The molecule has 112 valence electrons. The van der Waals surface area contributed by atoms with Crippen LogP contribution in [0.4, 0.5) is 18.9 Å². The maximum atomic E-state index is 12.0. The fraction of sp³-hybridized carbons (Fsp3) is 0.462. The van der Waals surface area contributed by atoms with Crippen LogP contribution in [-0.4, -0.2) is 32.5 Å². The third-order valence-corrected chi connectivity index (χ3v) is 2.81. The Bertz CT molecular complexity index is 445. The van der Waals surface area contributed by atoms with Crippen molar-refractivity contribution in [3.63, 3.8) is 0 Å². The van der Waals surface area contributed by atoms with E-state index in [-0.39, 0.29) is 5.75 Å². The Balaban J connectivity index is 2.84. The minimum atomic E-state index is -4.72. The zero-order chi connectivity index (χ0) is 15.3. The van der Waals surface area contributed by atoms with E-state index in [1.807, 2.05) is 6.92 Å². The summed E-state index contributed by atoms with van der Waals surface area (Å²) in [6.07, 6.45) is -4.20. The van der Waals surface area contributed by atoms with Crippen LogP contribution in [0.25, 0.3) is 0 Å². The number of benzene rings is 1. The molecule has 1 aromatic carbocycles. The highest BCUT2D eigenvalue weighted by molar-refractivity contribution is 5.79. The fourth-order valence-electron chi connectivity index (χ4n) is 1.80. The number of anilines is 1. The van der Waals surface area contributed by atoms with Gasteiger partial charge >= 0.3 is 12.3 Å². The lowest BCUT2D eigenvalue weighted by molar-refractivity contribution is -0.274. The molecule has 0 saturated carbocycles. The second kappa shape index (κ2) is 6.49. The highest BCUT2D eigenvalue weighted by Gasteiger charge is 2.31. The molecule has 1 atom stereocenters. The van der Waals surface area contributed by atoms with Crippen molar-refractivity contribution in [3.8, 4) is 5.75 Å². The highest BCUT2D eigenvalue weighted by Crippen LogP contribution is 2.26. The topological polar surface area (TPSA) is 38.8 Å². The molecule has 0 amide bonds. The summed E-state index contributed by atoms with van der Waals surface area (Å²) in [5, 5.41) is 0. The Morgan fingerprint density at radius 1 is 1.30 bits per heavy atom. The molecule has 0 aliphatic heterocycles. The number of carbonyl (C=O) groups is 1. The molecule has 0 fully saturated rings. The number of alkyl halides is 3. The summed E-state index contributed by atoms with van der Waals surface area (Å²) >= 11 is 0. The molecule has 7 heteroatoms. The van der Waals surface area contributed by atoms with E-state index in [1.54, 1.807) is 11.9 Å². The van der Waals surface area contributed by atoms with Gasteiger partial charge in [0.2, 0.25) is 0 Å². The largest absolute Gasteiger partial charge is 0.573 e. The van der Waals surface area contributed by atoms with Gasteiger partial charge in [-0.05, 0) is 30.7 Å². The number of methoxy groups -OCH3 is 1. The molecule has 1 aromatic rings. The number of carbonyl (C=O) groups excluding carboxylic acids is 1. The molecule has 20 heavy (non-hydrogen) atoms. The third kappa shape index (κ3) is 4.32. The molecular formula is C13H16F3NO3. The van der Waals surface area contributed by atoms with Crippen molar-refractivity contribution < 1.29 is 27.4 Å². The first-order valence-electron chi connectivity index (χ1n) is 5.95. The van der Waals surface area contributed by atoms with Crippen molar-refractivity contribution >= 4 is 11.7 Å². The second-order valence-corrected chi connectivity index (χ2v) is 4.10. The van der Waals surface area contributed by atoms with Crippen LogP contribution in [0.5, 0.6) is 5.75 Å². The Hall–Kier alpha value is -1.92. The van der Waals surface area contributed by atoms with Crippen molar-refractivity contribution in [1.82, 2.24) is 0 Å². The van der Waals surface area contributed by atoms with Crippen LogP contribution in [0.2, 0.25) is 0 Å². The van der Waals surface area contributed by atoms with E-state index in [9.17, 15) is 18.0 Å². The van der Waals surface area contributed by atoms with E-state index < -0.39 is 18.4 Å². The van der Waals surface area contributed by atoms with Gasteiger partial charge < -0.3 is 14.4 Å². The lowest BCUT2D eigenvalue weighted by Gasteiger charge is -2.27. The number of rotatable bonds is 5. The summed E-state index contributed by atoms with van der Waals surface area (Å²) in [6, 6.07) is 4.81. The minimum absolute atomic E-state index is 0.305. The van der Waals surface area contributed by atoms with Crippen molar-refractivity contribution in [1.29, 1.82) is 0 Å². The molecule has 0 bridgehead atoms. The van der Waals surface area contributed by atoms with Crippen molar-refractivity contribution in [2.24, 2.45) is 0 Å². The van der Waals surface area contributed by atoms with E-state index in [1.165, 1.54) is 31.4 Å². The number of likely N-dealkylation sites (N-methyl/N-ethyl adjacent to an activating group) is 1. The number of nitrogens with zero attached hydrogens (tertiary/aromatic N) is 1. The quantitative estimate of drug-likeness (QED) is 0.782. The summed E-state index contributed by atoms with van der Waals surface area (Å²) in [5.41, 5.74) is 0.594. The van der Waals surface area contributed by atoms with E-state index in [0.29, 0.717) is 12.1 Å². The zero-order valence-electron chi connectivity index (χ0n) is 11.4. The van der Waals surface area contributed by atoms with Gasteiger partial charge in [0, 0.05) is 12.7 Å². The van der Waals surface area contributed by atoms with E-state index in [2.05, 4.69) is 9.47 Å². The van der Waals surface area contributed by atoms with Crippen molar-refractivity contribution in [3.05, 3.63) is 24.3 Å². The van der Waals surface area contributed by atoms with Crippen LogP contribution >= 0.6 is 0 Å². The van der Waals surface area contributed by atoms with Crippen LogP contribution in [0.1, 0.15) is 13.3 Å². The number of esters is 1. The number of hydrogen-bond donors (Lipinski definition) is 0. The summed E-state index contributed by atoms with van der Waals surface area (Å²) in [7, 11) is 2.96. The second-order valence-electron chi connectivity index (χ2n) is 4.10. The summed E-state index contributed by atoms with van der Waals surface area (Å²) in [6.45, 7) is 1.82. The van der Waals surface area contributed by atoms with Gasteiger partial charge in [-0.25, -0.2) is 4.79 Å². The van der Waals surface area contributed by atoms with Crippen LogP contribution < -0.4 is 9.64 Å². The predicted octanol–water partition coefficient (Wildman–Crippen LogP) is 2.97. The molecule has 1 unspecified atom stereocenters. The normalized spacial score (nSPS) is 12.7.